The van der Waals surface area contributed by atoms with Crippen LogP contribution in [0.25, 0.3) is 0 Å². The van der Waals surface area contributed by atoms with Crippen LogP contribution in [0.5, 0.6) is 5.75 Å². The van der Waals surface area contributed by atoms with Gasteiger partial charge < -0.3 is 9.84 Å². The molecule has 0 saturated heterocycles. The minimum atomic E-state index is -0.498. The number of benzene rings is 1. The fourth-order valence-electron chi connectivity index (χ4n) is 1.30. The van der Waals surface area contributed by atoms with Gasteiger partial charge in [-0.05, 0) is 37.0 Å². The zero-order valence-electron chi connectivity index (χ0n) is 10.0. The molecule has 0 heterocycles. The lowest BCUT2D eigenvalue weighted by Crippen LogP contribution is -2.02. The first-order chi connectivity index (χ1) is 7.50. The Morgan fingerprint density at radius 1 is 1.31 bits per heavy atom. The molecule has 0 saturated carbocycles. The van der Waals surface area contributed by atoms with Gasteiger partial charge in [0.15, 0.2) is 0 Å². The summed E-state index contributed by atoms with van der Waals surface area (Å²) in [5.74, 6) is 1.31. The van der Waals surface area contributed by atoms with E-state index in [0.29, 0.717) is 23.3 Å². The van der Waals surface area contributed by atoms with Crippen LogP contribution in [0.4, 0.5) is 0 Å². The van der Waals surface area contributed by atoms with E-state index in [4.69, 9.17) is 16.3 Å². The quantitative estimate of drug-likeness (QED) is 0.851. The van der Waals surface area contributed by atoms with E-state index in [9.17, 15) is 5.11 Å². The first-order valence-electron chi connectivity index (χ1n) is 5.61. The summed E-state index contributed by atoms with van der Waals surface area (Å²) in [6, 6.07) is 5.39. The van der Waals surface area contributed by atoms with Gasteiger partial charge in [0, 0.05) is 0 Å². The maximum atomic E-state index is 9.39. The fourth-order valence-corrected chi connectivity index (χ4v) is 1.54. The van der Waals surface area contributed by atoms with E-state index in [1.807, 2.05) is 12.1 Å². The van der Waals surface area contributed by atoms with Crippen molar-refractivity contribution in [2.75, 3.05) is 6.61 Å². The van der Waals surface area contributed by atoms with Gasteiger partial charge in [0.1, 0.15) is 5.75 Å². The second-order valence-electron chi connectivity index (χ2n) is 4.40. The Morgan fingerprint density at radius 3 is 2.50 bits per heavy atom. The highest BCUT2D eigenvalue weighted by atomic mass is 35.5. The van der Waals surface area contributed by atoms with Crippen LogP contribution in [0.3, 0.4) is 0 Å². The molecule has 0 aliphatic carbocycles. The maximum Gasteiger partial charge on any atom is 0.137 e. The van der Waals surface area contributed by atoms with Gasteiger partial charge in [0.25, 0.3) is 0 Å². The standard InChI is InChI=1S/C13H19ClO2/c1-9(2)6-7-16-13-5-4-11(10(3)15)8-12(13)14/h4-5,8-10,15H,6-7H2,1-3H3/t10-/m1/s1. The molecule has 0 bridgehead atoms. The summed E-state index contributed by atoms with van der Waals surface area (Å²) >= 11 is 6.05. The summed E-state index contributed by atoms with van der Waals surface area (Å²) in [6.07, 6.45) is 0.510. The Kier molecular flexibility index (Phi) is 5.10. The molecule has 90 valence electrons. The number of aliphatic hydroxyl groups excluding tert-OH is 1. The van der Waals surface area contributed by atoms with E-state index in [-0.39, 0.29) is 0 Å². The van der Waals surface area contributed by atoms with Crippen molar-refractivity contribution >= 4 is 11.6 Å². The molecule has 0 unspecified atom stereocenters. The Labute approximate surface area is 102 Å². The van der Waals surface area contributed by atoms with Crippen LogP contribution in [-0.2, 0) is 0 Å². The third kappa shape index (κ3) is 4.03. The molecule has 2 nitrogen and oxygen atoms in total. The minimum absolute atomic E-state index is 0.498. The molecule has 1 aromatic rings. The maximum absolute atomic E-state index is 9.39. The number of halogens is 1. The summed E-state index contributed by atoms with van der Waals surface area (Å²) in [5, 5.41) is 9.95. The molecule has 0 spiro atoms. The number of rotatable bonds is 5. The molecule has 0 aromatic heterocycles. The third-order valence-corrected chi connectivity index (χ3v) is 2.69. The Hall–Kier alpha value is -0.730. The van der Waals surface area contributed by atoms with Crippen LogP contribution in [-0.4, -0.2) is 11.7 Å². The van der Waals surface area contributed by atoms with E-state index in [1.165, 1.54) is 0 Å². The molecule has 0 amide bonds. The Morgan fingerprint density at radius 2 is 2.00 bits per heavy atom. The number of ether oxygens (including phenoxy) is 1. The van der Waals surface area contributed by atoms with Crippen LogP contribution in [0, 0.1) is 5.92 Å². The van der Waals surface area contributed by atoms with Gasteiger partial charge in [-0.25, -0.2) is 0 Å². The van der Waals surface area contributed by atoms with Gasteiger partial charge in [0.2, 0.25) is 0 Å². The van der Waals surface area contributed by atoms with Crippen LogP contribution in [0.2, 0.25) is 5.02 Å². The average molecular weight is 243 g/mol. The van der Waals surface area contributed by atoms with E-state index in [1.54, 1.807) is 13.0 Å². The highest BCUT2D eigenvalue weighted by Crippen LogP contribution is 2.28. The van der Waals surface area contributed by atoms with Crippen LogP contribution >= 0.6 is 11.6 Å². The van der Waals surface area contributed by atoms with Crippen molar-refractivity contribution in [2.45, 2.75) is 33.3 Å². The topological polar surface area (TPSA) is 29.5 Å². The van der Waals surface area contributed by atoms with Gasteiger partial charge in [0.05, 0.1) is 17.7 Å². The van der Waals surface area contributed by atoms with Crippen molar-refractivity contribution in [2.24, 2.45) is 5.92 Å². The summed E-state index contributed by atoms with van der Waals surface area (Å²) in [4.78, 5) is 0. The summed E-state index contributed by atoms with van der Waals surface area (Å²) in [7, 11) is 0. The molecule has 1 N–H and O–H groups in total. The molecule has 0 aliphatic heterocycles. The zero-order chi connectivity index (χ0) is 12.1. The van der Waals surface area contributed by atoms with Crippen LogP contribution in [0.15, 0.2) is 18.2 Å². The first-order valence-corrected chi connectivity index (χ1v) is 5.98. The first kappa shape index (κ1) is 13.3. The lowest BCUT2D eigenvalue weighted by atomic mass is 10.1. The van der Waals surface area contributed by atoms with Crippen molar-refractivity contribution in [1.82, 2.24) is 0 Å². The van der Waals surface area contributed by atoms with E-state index in [2.05, 4.69) is 13.8 Å². The number of hydrogen-bond acceptors (Lipinski definition) is 2. The van der Waals surface area contributed by atoms with Gasteiger partial charge in [-0.2, -0.15) is 0 Å². The molecule has 0 radical (unpaired) electrons. The summed E-state index contributed by atoms with van der Waals surface area (Å²) in [5.41, 5.74) is 0.807. The lowest BCUT2D eigenvalue weighted by molar-refractivity contribution is 0.199. The molecular weight excluding hydrogens is 224 g/mol. The normalized spacial score (nSPS) is 12.9. The van der Waals surface area contributed by atoms with E-state index < -0.39 is 6.10 Å². The molecular formula is C13H19ClO2. The fraction of sp³-hybridized carbons (Fsp3) is 0.538. The number of aliphatic hydroxyl groups is 1. The second-order valence-corrected chi connectivity index (χ2v) is 4.80. The SMILES string of the molecule is CC(C)CCOc1ccc([C@@H](C)O)cc1Cl. The highest BCUT2D eigenvalue weighted by molar-refractivity contribution is 6.32. The molecule has 1 rings (SSSR count). The molecule has 0 fully saturated rings. The van der Waals surface area contributed by atoms with Gasteiger partial charge >= 0.3 is 0 Å². The Balaban J connectivity index is 2.61. The molecule has 16 heavy (non-hydrogen) atoms. The second kappa shape index (κ2) is 6.12. The largest absolute Gasteiger partial charge is 0.492 e. The molecule has 3 heteroatoms. The predicted octanol–water partition coefficient (Wildman–Crippen LogP) is 3.82. The monoisotopic (exact) mass is 242 g/mol. The van der Waals surface area contributed by atoms with Crippen LogP contribution < -0.4 is 4.74 Å². The molecule has 1 aromatic carbocycles. The van der Waals surface area contributed by atoms with Gasteiger partial charge in [-0.3, -0.25) is 0 Å². The zero-order valence-corrected chi connectivity index (χ0v) is 10.8. The summed E-state index contributed by atoms with van der Waals surface area (Å²) < 4.78 is 5.57. The van der Waals surface area contributed by atoms with Crippen molar-refractivity contribution in [1.29, 1.82) is 0 Å². The van der Waals surface area contributed by atoms with Crippen molar-refractivity contribution in [3.63, 3.8) is 0 Å². The Bertz CT molecular complexity index is 335. The van der Waals surface area contributed by atoms with Gasteiger partial charge in [-0.1, -0.05) is 31.5 Å². The van der Waals surface area contributed by atoms with E-state index >= 15 is 0 Å². The predicted molar refractivity (Wildman–Crippen MR) is 67.0 cm³/mol. The lowest BCUT2D eigenvalue weighted by Gasteiger charge is -2.11. The average Bonchev–Trinajstić information content (AvgIpc) is 2.19. The smallest absolute Gasteiger partial charge is 0.137 e. The van der Waals surface area contributed by atoms with E-state index in [0.717, 1.165) is 12.0 Å². The highest BCUT2D eigenvalue weighted by Gasteiger charge is 2.06. The van der Waals surface area contributed by atoms with Crippen molar-refractivity contribution < 1.29 is 9.84 Å². The summed E-state index contributed by atoms with van der Waals surface area (Å²) in [6.45, 7) is 6.69. The number of hydrogen-bond donors (Lipinski definition) is 1. The van der Waals surface area contributed by atoms with Gasteiger partial charge in [-0.15, -0.1) is 0 Å². The van der Waals surface area contributed by atoms with Crippen molar-refractivity contribution in [3.8, 4) is 5.75 Å². The molecule has 0 aliphatic rings. The van der Waals surface area contributed by atoms with Crippen molar-refractivity contribution in [3.05, 3.63) is 28.8 Å². The molecule has 1 atom stereocenters. The third-order valence-electron chi connectivity index (χ3n) is 2.39. The minimum Gasteiger partial charge on any atom is -0.492 e. The van der Waals surface area contributed by atoms with Crippen LogP contribution in [0.1, 0.15) is 38.9 Å².